The highest BCUT2D eigenvalue weighted by molar-refractivity contribution is 5.90. The van der Waals surface area contributed by atoms with Crippen LogP contribution in [0, 0.1) is 30.1 Å². The quantitative estimate of drug-likeness (QED) is 0.328. The lowest BCUT2D eigenvalue weighted by molar-refractivity contribution is -0.142. The highest BCUT2D eigenvalue weighted by Gasteiger charge is 2.41. The van der Waals surface area contributed by atoms with Crippen LogP contribution in [0.4, 0.5) is 0 Å². The summed E-state index contributed by atoms with van der Waals surface area (Å²) in [6, 6.07) is 14.5. The van der Waals surface area contributed by atoms with Crippen molar-refractivity contribution in [2.75, 3.05) is 6.54 Å². The fraction of sp³-hybridized carbons (Fsp3) is 0.290. The number of carboxylic acids is 1. The zero-order valence-electron chi connectivity index (χ0n) is 22.1. The van der Waals surface area contributed by atoms with E-state index in [-0.39, 0.29) is 17.9 Å². The number of rotatable bonds is 6. The molecule has 1 fully saturated rings. The molecule has 2 unspecified atom stereocenters. The topological polar surface area (TPSA) is 108 Å². The minimum Gasteiger partial charge on any atom is -0.481 e. The van der Waals surface area contributed by atoms with Gasteiger partial charge in [0, 0.05) is 59.0 Å². The molecule has 2 aromatic carbocycles. The second-order valence-electron chi connectivity index (χ2n) is 10.6. The van der Waals surface area contributed by atoms with Gasteiger partial charge in [-0.3, -0.25) is 4.79 Å². The Morgan fingerprint density at radius 2 is 2.10 bits per heavy atom. The summed E-state index contributed by atoms with van der Waals surface area (Å²) in [4.78, 5) is 18.7. The van der Waals surface area contributed by atoms with E-state index in [2.05, 4.69) is 45.6 Å². The molecular weight excluding hydrogens is 490 g/mol. The number of aliphatic carboxylic acids is 1. The first-order valence-electron chi connectivity index (χ1n) is 13.2. The molecule has 0 amide bonds. The van der Waals surface area contributed by atoms with Gasteiger partial charge in [0.15, 0.2) is 0 Å². The molecule has 1 aliphatic heterocycles. The number of benzene rings is 2. The number of aryl methyl sites for hydroxylation is 1. The minimum atomic E-state index is -0.733. The van der Waals surface area contributed by atoms with Crippen LogP contribution >= 0.6 is 0 Å². The standard InChI is InChI=1S/C31H29N5O3/c1-18(2)36-16-22(14-32)25-13-21(9-11-28(25)36)30-33-29(34-39-30)23-10-8-20(12-19(23)3)15-35-17-26(31(37)38)24-6-4-5-7-27(24)35/h4-5,7-13,16,18,24,26H,6,15,17H2,1-3H3,(H,37,38). The Labute approximate surface area is 226 Å². The van der Waals surface area contributed by atoms with Gasteiger partial charge in [0.1, 0.15) is 6.07 Å². The molecule has 1 N–H and O–H groups in total. The van der Waals surface area contributed by atoms with E-state index in [1.165, 1.54) is 0 Å². The molecule has 3 heterocycles. The molecule has 2 aromatic heterocycles. The lowest BCUT2D eigenvalue weighted by Crippen LogP contribution is -2.23. The van der Waals surface area contributed by atoms with Crippen molar-refractivity contribution in [2.45, 2.75) is 39.8 Å². The van der Waals surface area contributed by atoms with Crippen LogP contribution in [0.25, 0.3) is 33.7 Å². The number of hydrogen-bond donors (Lipinski definition) is 1. The van der Waals surface area contributed by atoms with E-state index in [1.54, 1.807) is 0 Å². The van der Waals surface area contributed by atoms with Crippen LogP contribution in [0.1, 0.15) is 43.0 Å². The van der Waals surface area contributed by atoms with Gasteiger partial charge in [-0.1, -0.05) is 35.5 Å². The second kappa shape index (κ2) is 9.59. The Balaban J connectivity index is 1.25. The first-order chi connectivity index (χ1) is 18.8. The molecule has 4 aromatic rings. The van der Waals surface area contributed by atoms with Gasteiger partial charge in [0.25, 0.3) is 5.89 Å². The van der Waals surface area contributed by atoms with E-state index < -0.39 is 5.97 Å². The number of nitriles is 1. The molecule has 2 atom stereocenters. The summed E-state index contributed by atoms with van der Waals surface area (Å²) >= 11 is 0. The Morgan fingerprint density at radius 1 is 1.26 bits per heavy atom. The van der Waals surface area contributed by atoms with Crippen molar-refractivity contribution in [3.63, 3.8) is 0 Å². The second-order valence-corrected chi connectivity index (χ2v) is 10.6. The minimum absolute atomic E-state index is 0.0398. The van der Waals surface area contributed by atoms with Crippen molar-refractivity contribution in [3.8, 4) is 28.9 Å². The summed E-state index contributed by atoms with van der Waals surface area (Å²) in [7, 11) is 0. The molecule has 0 spiro atoms. The number of allylic oxidation sites excluding steroid dienone is 4. The van der Waals surface area contributed by atoms with Crippen LogP contribution < -0.4 is 0 Å². The first kappa shape index (κ1) is 24.7. The number of carbonyl (C=O) groups is 1. The fourth-order valence-corrected chi connectivity index (χ4v) is 5.87. The van der Waals surface area contributed by atoms with Gasteiger partial charge in [0.2, 0.25) is 5.82 Å². The highest BCUT2D eigenvalue weighted by Crippen LogP contribution is 2.39. The Morgan fingerprint density at radius 3 is 2.85 bits per heavy atom. The molecule has 1 saturated heterocycles. The third-order valence-corrected chi connectivity index (χ3v) is 7.85. The van der Waals surface area contributed by atoms with Gasteiger partial charge < -0.3 is 19.1 Å². The maximum Gasteiger partial charge on any atom is 0.308 e. The van der Waals surface area contributed by atoms with Crippen molar-refractivity contribution in [1.82, 2.24) is 19.6 Å². The van der Waals surface area contributed by atoms with Gasteiger partial charge in [-0.05, 0) is 62.6 Å². The molecule has 39 heavy (non-hydrogen) atoms. The van der Waals surface area contributed by atoms with E-state index in [9.17, 15) is 15.2 Å². The number of likely N-dealkylation sites (tertiary alicyclic amines) is 1. The third-order valence-electron chi connectivity index (χ3n) is 7.85. The zero-order valence-corrected chi connectivity index (χ0v) is 22.1. The van der Waals surface area contributed by atoms with Crippen LogP contribution in [0.2, 0.25) is 0 Å². The summed E-state index contributed by atoms with van der Waals surface area (Å²) in [6.45, 7) is 7.36. The summed E-state index contributed by atoms with van der Waals surface area (Å²) in [5, 5.41) is 24.5. The molecular formula is C31H29N5O3. The van der Waals surface area contributed by atoms with E-state index >= 15 is 0 Å². The van der Waals surface area contributed by atoms with Crippen molar-refractivity contribution >= 4 is 16.9 Å². The average Bonchev–Trinajstić information content (AvgIpc) is 3.64. The van der Waals surface area contributed by atoms with Crippen molar-refractivity contribution in [2.24, 2.45) is 11.8 Å². The van der Waals surface area contributed by atoms with Gasteiger partial charge in [-0.15, -0.1) is 0 Å². The predicted molar refractivity (Wildman–Crippen MR) is 147 cm³/mol. The number of nitrogens with zero attached hydrogens (tertiary/aromatic N) is 5. The van der Waals surface area contributed by atoms with E-state index in [4.69, 9.17) is 4.52 Å². The first-order valence-corrected chi connectivity index (χ1v) is 13.2. The maximum absolute atomic E-state index is 11.8. The normalized spacial score (nSPS) is 18.4. The van der Waals surface area contributed by atoms with Crippen LogP contribution in [-0.4, -0.2) is 37.2 Å². The van der Waals surface area contributed by atoms with Crippen molar-refractivity contribution in [1.29, 1.82) is 5.26 Å². The van der Waals surface area contributed by atoms with Crippen molar-refractivity contribution in [3.05, 3.63) is 83.2 Å². The highest BCUT2D eigenvalue weighted by atomic mass is 16.5. The third kappa shape index (κ3) is 4.30. The Kier molecular flexibility index (Phi) is 6.07. The Bertz CT molecular complexity index is 1700. The molecule has 2 aliphatic rings. The predicted octanol–water partition coefficient (Wildman–Crippen LogP) is 6.10. The molecule has 0 radical (unpaired) electrons. The van der Waals surface area contributed by atoms with E-state index in [0.717, 1.165) is 45.3 Å². The summed E-state index contributed by atoms with van der Waals surface area (Å²) in [5.74, 6) is -0.174. The largest absolute Gasteiger partial charge is 0.481 e. The summed E-state index contributed by atoms with van der Waals surface area (Å²) < 4.78 is 7.73. The molecule has 8 nitrogen and oxygen atoms in total. The van der Waals surface area contributed by atoms with Gasteiger partial charge in [-0.2, -0.15) is 10.2 Å². The number of hydrogen-bond acceptors (Lipinski definition) is 6. The number of aromatic nitrogens is 3. The smallest absolute Gasteiger partial charge is 0.308 e. The van der Waals surface area contributed by atoms with E-state index in [1.807, 2.05) is 61.7 Å². The van der Waals surface area contributed by atoms with Crippen LogP contribution in [0.3, 0.4) is 0 Å². The van der Waals surface area contributed by atoms with Gasteiger partial charge >= 0.3 is 5.97 Å². The lowest BCUT2D eigenvalue weighted by Gasteiger charge is -2.23. The maximum atomic E-state index is 11.8. The van der Waals surface area contributed by atoms with Crippen LogP contribution in [0.15, 0.2) is 71.0 Å². The van der Waals surface area contributed by atoms with E-state index in [0.29, 0.717) is 30.4 Å². The summed E-state index contributed by atoms with van der Waals surface area (Å²) in [6.07, 6.45) is 8.77. The fourth-order valence-electron chi connectivity index (χ4n) is 5.87. The average molecular weight is 520 g/mol. The molecule has 0 saturated carbocycles. The molecule has 6 rings (SSSR count). The molecule has 196 valence electrons. The van der Waals surface area contributed by atoms with Crippen LogP contribution in [0.5, 0.6) is 0 Å². The molecule has 1 aliphatic carbocycles. The van der Waals surface area contributed by atoms with Gasteiger partial charge in [-0.25, -0.2) is 0 Å². The number of carboxylic acid groups (broad SMARTS) is 1. The van der Waals surface area contributed by atoms with Crippen molar-refractivity contribution < 1.29 is 14.4 Å². The molecule has 0 bridgehead atoms. The Hall–Kier alpha value is -4.64. The molecule has 8 heteroatoms. The lowest BCUT2D eigenvalue weighted by atomic mass is 9.88. The SMILES string of the molecule is Cc1cc(CN2CC(C(=O)O)C3CC=CC=C32)ccc1-c1noc(-c2ccc3c(c2)c(C#N)cn3C(C)C)n1. The van der Waals surface area contributed by atoms with Crippen LogP contribution in [-0.2, 0) is 11.3 Å². The van der Waals surface area contributed by atoms with Gasteiger partial charge in [0.05, 0.1) is 11.5 Å². The monoisotopic (exact) mass is 519 g/mol. The number of fused-ring (bicyclic) bond motifs is 2. The summed E-state index contributed by atoms with van der Waals surface area (Å²) in [5.41, 5.74) is 6.47. The zero-order chi connectivity index (χ0) is 27.3.